The average molecular weight is 267 g/mol. The molecular formula is C12H13NO6. The van der Waals surface area contributed by atoms with Crippen molar-refractivity contribution in [1.82, 2.24) is 0 Å². The Morgan fingerprint density at radius 3 is 2.63 bits per heavy atom. The molecule has 0 aromatic heterocycles. The van der Waals surface area contributed by atoms with E-state index >= 15 is 0 Å². The number of nitro groups is 1. The van der Waals surface area contributed by atoms with Crippen LogP contribution in [0.5, 0.6) is 11.5 Å². The van der Waals surface area contributed by atoms with E-state index in [9.17, 15) is 14.9 Å². The summed E-state index contributed by atoms with van der Waals surface area (Å²) in [5.74, 6) is -0.431. The molecule has 0 amide bonds. The van der Waals surface area contributed by atoms with Gasteiger partial charge in [0.2, 0.25) is 11.9 Å². The zero-order chi connectivity index (χ0) is 14.4. The number of nitro benzene ring substituents is 1. The summed E-state index contributed by atoms with van der Waals surface area (Å²) < 4.78 is 14.7. The van der Waals surface area contributed by atoms with Crippen LogP contribution in [0.1, 0.15) is 0 Å². The number of carbonyl (C=O) groups is 1. The van der Waals surface area contributed by atoms with Crippen molar-refractivity contribution in [2.75, 3.05) is 14.2 Å². The maximum absolute atomic E-state index is 11.4. The van der Waals surface area contributed by atoms with E-state index in [1.54, 1.807) is 0 Å². The number of rotatable bonds is 6. The van der Waals surface area contributed by atoms with Crippen molar-refractivity contribution in [3.8, 4) is 11.5 Å². The Balaban J connectivity index is 3.12. The van der Waals surface area contributed by atoms with Gasteiger partial charge in [-0.05, 0) is 12.1 Å². The average Bonchev–Trinajstić information content (AvgIpc) is 2.43. The molecule has 1 unspecified atom stereocenters. The summed E-state index contributed by atoms with van der Waals surface area (Å²) in [6.45, 7) is 3.42. The fourth-order valence-corrected chi connectivity index (χ4v) is 1.31. The summed E-state index contributed by atoms with van der Waals surface area (Å²) >= 11 is 0. The third-order valence-corrected chi connectivity index (χ3v) is 2.27. The number of ether oxygens (including phenoxy) is 3. The molecule has 7 heteroatoms. The molecule has 102 valence electrons. The lowest BCUT2D eigenvalue weighted by molar-refractivity contribution is -0.386. The highest BCUT2D eigenvalue weighted by Gasteiger charge is 2.23. The Bertz CT molecular complexity index is 499. The Morgan fingerprint density at radius 1 is 1.47 bits per heavy atom. The second-order valence-electron chi connectivity index (χ2n) is 3.39. The summed E-state index contributed by atoms with van der Waals surface area (Å²) in [6, 6.07) is 3.97. The standard InChI is InChI=1S/C12H13NO6/c1-4-10(12(14)18-3)19-11-7-8(17-2)5-6-9(11)13(15)16/h4-7,10H,1H2,2-3H3. The highest BCUT2D eigenvalue weighted by atomic mass is 16.6. The van der Waals surface area contributed by atoms with Gasteiger partial charge in [0.05, 0.1) is 19.1 Å². The van der Waals surface area contributed by atoms with Crippen LogP contribution in [0.25, 0.3) is 0 Å². The van der Waals surface area contributed by atoms with Gasteiger partial charge >= 0.3 is 11.7 Å². The third kappa shape index (κ3) is 3.44. The van der Waals surface area contributed by atoms with E-state index in [4.69, 9.17) is 9.47 Å². The first kappa shape index (κ1) is 14.5. The van der Waals surface area contributed by atoms with Crippen LogP contribution in [0.15, 0.2) is 30.9 Å². The van der Waals surface area contributed by atoms with E-state index in [0.29, 0.717) is 5.75 Å². The van der Waals surface area contributed by atoms with E-state index in [0.717, 1.165) is 0 Å². The Labute approximate surface area is 109 Å². The van der Waals surface area contributed by atoms with E-state index in [-0.39, 0.29) is 11.4 Å². The molecule has 0 aliphatic rings. The summed E-state index contributed by atoms with van der Waals surface area (Å²) in [5, 5.41) is 10.9. The van der Waals surface area contributed by atoms with Crippen molar-refractivity contribution >= 4 is 11.7 Å². The molecule has 0 aliphatic heterocycles. The highest BCUT2D eigenvalue weighted by Crippen LogP contribution is 2.32. The number of carbonyl (C=O) groups excluding carboxylic acids is 1. The quantitative estimate of drug-likeness (QED) is 0.337. The van der Waals surface area contributed by atoms with Crippen LogP contribution >= 0.6 is 0 Å². The minimum atomic E-state index is -1.13. The second kappa shape index (κ2) is 6.39. The molecule has 1 aromatic carbocycles. The van der Waals surface area contributed by atoms with Crippen molar-refractivity contribution in [1.29, 1.82) is 0 Å². The smallest absolute Gasteiger partial charge is 0.351 e. The minimum absolute atomic E-state index is 0.0975. The third-order valence-electron chi connectivity index (χ3n) is 2.27. The monoisotopic (exact) mass is 267 g/mol. The van der Waals surface area contributed by atoms with Crippen LogP contribution in [-0.4, -0.2) is 31.2 Å². The maximum Gasteiger partial charge on any atom is 0.351 e. The summed E-state index contributed by atoms with van der Waals surface area (Å²) in [5.41, 5.74) is -0.281. The second-order valence-corrected chi connectivity index (χ2v) is 3.39. The fraction of sp³-hybridized carbons (Fsp3) is 0.250. The predicted octanol–water partition coefficient (Wildman–Crippen LogP) is 1.71. The predicted molar refractivity (Wildman–Crippen MR) is 66.3 cm³/mol. The molecule has 0 N–H and O–H groups in total. The molecule has 0 heterocycles. The number of esters is 1. The van der Waals surface area contributed by atoms with Crippen LogP contribution in [-0.2, 0) is 9.53 Å². The van der Waals surface area contributed by atoms with E-state index in [1.807, 2.05) is 0 Å². The van der Waals surface area contributed by atoms with Crippen molar-refractivity contribution in [3.63, 3.8) is 0 Å². The van der Waals surface area contributed by atoms with Crippen LogP contribution in [0.3, 0.4) is 0 Å². The SMILES string of the molecule is C=CC(Oc1cc(OC)ccc1[N+](=O)[O-])C(=O)OC. The fourth-order valence-electron chi connectivity index (χ4n) is 1.31. The van der Waals surface area contributed by atoms with Crippen LogP contribution < -0.4 is 9.47 Å². The van der Waals surface area contributed by atoms with Crippen LogP contribution in [0, 0.1) is 10.1 Å². The lowest BCUT2D eigenvalue weighted by Crippen LogP contribution is -2.26. The molecule has 0 saturated heterocycles. The molecule has 0 bridgehead atoms. The molecule has 19 heavy (non-hydrogen) atoms. The number of hydrogen-bond donors (Lipinski definition) is 0. The molecule has 0 fully saturated rings. The molecule has 1 atom stereocenters. The lowest BCUT2D eigenvalue weighted by atomic mass is 10.2. The first-order valence-electron chi connectivity index (χ1n) is 5.23. The topological polar surface area (TPSA) is 87.9 Å². The molecule has 0 spiro atoms. The normalized spacial score (nSPS) is 11.3. The lowest BCUT2D eigenvalue weighted by Gasteiger charge is -2.13. The number of hydrogen-bond acceptors (Lipinski definition) is 6. The van der Waals surface area contributed by atoms with Crippen molar-refractivity contribution in [3.05, 3.63) is 41.0 Å². The Morgan fingerprint density at radius 2 is 2.16 bits per heavy atom. The molecule has 0 aliphatic carbocycles. The van der Waals surface area contributed by atoms with Gasteiger partial charge in [-0.2, -0.15) is 0 Å². The van der Waals surface area contributed by atoms with Crippen molar-refractivity contribution < 1.29 is 23.9 Å². The zero-order valence-electron chi connectivity index (χ0n) is 10.5. The number of nitrogens with zero attached hydrogens (tertiary/aromatic N) is 1. The summed E-state index contributed by atoms with van der Waals surface area (Å²) in [7, 11) is 2.60. The van der Waals surface area contributed by atoms with Gasteiger partial charge in [0.15, 0.2) is 0 Å². The largest absolute Gasteiger partial charge is 0.497 e. The van der Waals surface area contributed by atoms with Gasteiger partial charge in [-0.15, -0.1) is 0 Å². The Kier molecular flexibility index (Phi) is 4.87. The molecule has 0 radical (unpaired) electrons. The van der Waals surface area contributed by atoms with Gasteiger partial charge in [0, 0.05) is 12.1 Å². The van der Waals surface area contributed by atoms with Crippen molar-refractivity contribution in [2.45, 2.75) is 6.10 Å². The first-order valence-corrected chi connectivity index (χ1v) is 5.23. The van der Waals surface area contributed by atoms with Gasteiger partial charge in [0.1, 0.15) is 5.75 Å². The molecule has 7 nitrogen and oxygen atoms in total. The van der Waals surface area contributed by atoms with Gasteiger partial charge in [-0.3, -0.25) is 10.1 Å². The summed E-state index contributed by atoms with van der Waals surface area (Å²) in [4.78, 5) is 21.6. The van der Waals surface area contributed by atoms with Gasteiger partial charge in [0.25, 0.3) is 0 Å². The minimum Gasteiger partial charge on any atom is -0.497 e. The molecular weight excluding hydrogens is 254 g/mol. The van der Waals surface area contributed by atoms with Crippen LogP contribution in [0.4, 0.5) is 5.69 Å². The molecule has 0 saturated carbocycles. The summed E-state index contributed by atoms with van der Waals surface area (Å²) in [6.07, 6.45) is 0.0606. The van der Waals surface area contributed by atoms with Crippen molar-refractivity contribution in [2.24, 2.45) is 0 Å². The number of benzene rings is 1. The zero-order valence-corrected chi connectivity index (χ0v) is 10.5. The van der Waals surface area contributed by atoms with Gasteiger partial charge in [-0.25, -0.2) is 4.79 Å². The highest BCUT2D eigenvalue weighted by molar-refractivity contribution is 5.77. The van der Waals surface area contributed by atoms with E-state index < -0.39 is 17.0 Å². The molecule has 1 aromatic rings. The van der Waals surface area contributed by atoms with Crippen LogP contribution in [0.2, 0.25) is 0 Å². The maximum atomic E-state index is 11.4. The first-order chi connectivity index (χ1) is 9.03. The molecule has 1 rings (SSSR count). The van der Waals surface area contributed by atoms with E-state index in [2.05, 4.69) is 11.3 Å². The van der Waals surface area contributed by atoms with Gasteiger partial charge < -0.3 is 14.2 Å². The Hall–Kier alpha value is -2.57. The number of methoxy groups -OCH3 is 2. The van der Waals surface area contributed by atoms with E-state index in [1.165, 1.54) is 38.5 Å². The van der Waals surface area contributed by atoms with Gasteiger partial charge in [-0.1, -0.05) is 6.58 Å².